The molecule has 0 aliphatic rings. The summed E-state index contributed by atoms with van der Waals surface area (Å²) in [6, 6.07) is 0. The molecule has 16 heavy (non-hydrogen) atoms. The second-order valence-electron chi connectivity index (χ2n) is 4.02. The third kappa shape index (κ3) is 4.88. The van der Waals surface area contributed by atoms with E-state index in [4.69, 9.17) is 9.63 Å². The monoisotopic (exact) mass is 227 g/mol. The molecule has 0 aromatic carbocycles. The van der Waals surface area contributed by atoms with E-state index in [2.05, 4.69) is 29.3 Å². The van der Waals surface area contributed by atoms with Crippen LogP contribution in [0.25, 0.3) is 0 Å². The Morgan fingerprint density at radius 1 is 1.56 bits per heavy atom. The molecule has 6 nitrogen and oxygen atoms in total. The van der Waals surface area contributed by atoms with Gasteiger partial charge in [0.25, 0.3) is 0 Å². The quantitative estimate of drug-likeness (QED) is 0.671. The van der Waals surface area contributed by atoms with Gasteiger partial charge in [-0.25, -0.2) is 0 Å². The lowest BCUT2D eigenvalue weighted by atomic mass is 10.1. The van der Waals surface area contributed by atoms with Gasteiger partial charge in [-0.05, 0) is 5.92 Å². The van der Waals surface area contributed by atoms with Crippen LogP contribution in [-0.2, 0) is 17.8 Å². The van der Waals surface area contributed by atoms with Crippen LogP contribution < -0.4 is 5.32 Å². The number of aromatic nitrogens is 2. The van der Waals surface area contributed by atoms with E-state index >= 15 is 0 Å². The SMILES string of the molecule is CC(C)Cc1nc(CNCCC(=O)O)no1. The van der Waals surface area contributed by atoms with E-state index in [9.17, 15) is 4.79 Å². The number of rotatable bonds is 7. The van der Waals surface area contributed by atoms with Crippen LogP contribution in [0.4, 0.5) is 0 Å². The fourth-order valence-electron chi connectivity index (χ4n) is 1.19. The third-order valence-corrected chi connectivity index (χ3v) is 1.89. The molecule has 0 amide bonds. The molecule has 0 bridgehead atoms. The minimum atomic E-state index is -0.818. The van der Waals surface area contributed by atoms with E-state index in [1.54, 1.807) is 0 Å². The maximum absolute atomic E-state index is 10.2. The highest BCUT2D eigenvalue weighted by molar-refractivity contribution is 5.66. The first-order valence-electron chi connectivity index (χ1n) is 5.32. The molecule has 0 saturated heterocycles. The molecule has 0 aliphatic carbocycles. The Kier molecular flexibility index (Phi) is 4.91. The molecule has 1 aromatic heterocycles. The first-order valence-corrected chi connectivity index (χ1v) is 5.32. The molecule has 1 rings (SSSR count). The average molecular weight is 227 g/mol. The molecule has 0 saturated carbocycles. The molecule has 0 atom stereocenters. The summed E-state index contributed by atoms with van der Waals surface area (Å²) < 4.78 is 5.04. The van der Waals surface area contributed by atoms with Gasteiger partial charge < -0.3 is 14.9 Å². The maximum atomic E-state index is 10.2. The van der Waals surface area contributed by atoms with Gasteiger partial charge in [-0.1, -0.05) is 19.0 Å². The lowest BCUT2D eigenvalue weighted by molar-refractivity contribution is -0.136. The van der Waals surface area contributed by atoms with Crippen molar-refractivity contribution in [2.24, 2.45) is 5.92 Å². The predicted octanol–water partition coefficient (Wildman–Crippen LogP) is 0.832. The van der Waals surface area contributed by atoms with Crippen molar-refractivity contribution in [2.75, 3.05) is 6.54 Å². The molecule has 0 spiro atoms. The van der Waals surface area contributed by atoms with E-state index in [0.29, 0.717) is 30.7 Å². The number of aliphatic carboxylic acids is 1. The minimum absolute atomic E-state index is 0.0940. The summed E-state index contributed by atoms with van der Waals surface area (Å²) in [4.78, 5) is 14.4. The zero-order valence-corrected chi connectivity index (χ0v) is 9.56. The molecular formula is C10H17N3O3. The van der Waals surface area contributed by atoms with Crippen molar-refractivity contribution in [3.63, 3.8) is 0 Å². The Balaban J connectivity index is 2.26. The molecule has 0 unspecified atom stereocenters. The van der Waals surface area contributed by atoms with E-state index in [-0.39, 0.29) is 6.42 Å². The number of hydrogen-bond donors (Lipinski definition) is 2. The molecular weight excluding hydrogens is 210 g/mol. The van der Waals surface area contributed by atoms with Crippen molar-refractivity contribution < 1.29 is 14.4 Å². The van der Waals surface area contributed by atoms with E-state index in [0.717, 1.165) is 6.42 Å². The summed E-state index contributed by atoms with van der Waals surface area (Å²) in [5.41, 5.74) is 0. The highest BCUT2D eigenvalue weighted by atomic mass is 16.5. The van der Waals surface area contributed by atoms with Crippen LogP contribution in [0.1, 0.15) is 32.0 Å². The molecule has 0 radical (unpaired) electrons. The van der Waals surface area contributed by atoms with Crippen molar-refractivity contribution >= 4 is 5.97 Å². The maximum Gasteiger partial charge on any atom is 0.304 e. The fraction of sp³-hybridized carbons (Fsp3) is 0.700. The van der Waals surface area contributed by atoms with Gasteiger partial charge in [0, 0.05) is 13.0 Å². The van der Waals surface area contributed by atoms with Crippen molar-refractivity contribution in [1.82, 2.24) is 15.5 Å². The third-order valence-electron chi connectivity index (χ3n) is 1.89. The minimum Gasteiger partial charge on any atom is -0.481 e. The van der Waals surface area contributed by atoms with Crippen LogP contribution in [0.5, 0.6) is 0 Å². The molecule has 0 aliphatic heterocycles. The second kappa shape index (κ2) is 6.22. The predicted molar refractivity (Wildman–Crippen MR) is 56.8 cm³/mol. The van der Waals surface area contributed by atoms with Gasteiger partial charge in [0.2, 0.25) is 5.89 Å². The Bertz CT molecular complexity index is 336. The van der Waals surface area contributed by atoms with Crippen molar-refractivity contribution in [1.29, 1.82) is 0 Å². The molecule has 90 valence electrons. The van der Waals surface area contributed by atoms with Gasteiger partial charge in [0.05, 0.1) is 13.0 Å². The standard InChI is InChI=1S/C10H17N3O3/c1-7(2)5-9-12-8(13-16-9)6-11-4-3-10(14)15/h7,11H,3-6H2,1-2H3,(H,14,15). The van der Waals surface area contributed by atoms with Gasteiger partial charge in [0.15, 0.2) is 5.82 Å². The van der Waals surface area contributed by atoms with Crippen LogP contribution in [0.3, 0.4) is 0 Å². The number of nitrogens with one attached hydrogen (secondary N) is 1. The van der Waals surface area contributed by atoms with Gasteiger partial charge in [-0.2, -0.15) is 4.98 Å². The topological polar surface area (TPSA) is 88.2 Å². The summed E-state index contributed by atoms with van der Waals surface area (Å²) in [5, 5.41) is 15.1. The zero-order valence-electron chi connectivity index (χ0n) is 9.56. The smallest absolute Gasteiger partial charge is 0.304 e. The van der Waals surface area contributed by atoms with Crippen molar-refractivity contribution in [3.8, 4) is 0 Å². The summed E-state index contributed by atoms with van der Waals surface area (Å²) in [7, 11) is 0. The van der Waals surface area contributed by atoms with Gasteiger partial charge in [-0.15, -0.1) is 0 Å². The number of carboxylic acid groups (broad SMARTS) is 1. The number of hydrogen-bond acceptors (Lipinski definition) is 5. The van der Waals surface area contributed by atoms with Gasteiger partial charge in [-0.3, -0.25) is 4.79 Å². The molecule has 2 N–H and O–H groups in total. The van der Waals surface area contributed by atoms with E-state index in [1.807, 2.05) is 0 Å². The molecule has 1 aromatic rings. The molecule has 1 heterocycles. The molecule has 6 heteroatoms. The lowest BCUT2D eigenvalue weighted by Crippen LogP contribution is -2.18. The first kappa shape index (κ1) is 12.6. The largest absolute Gasteiger partial charge is 0.481 e. The number of carboxylic acids is 1. The Morgan fingerprint density at radius 2 is 2.31 bits per heavy atom. The summed E-state index contributed by atoms with van der Waals surface area (Å²) >= 11 is 0. The number of carbonyl (C=O) groups is 1. The Morgan fingerprint density at radius 3 is 2.94 bits per heavy atom. The normalized spacial score (nSPS) is 10.9. The van der Waals surface area contributed by atoms with Gasteiger partial charge in [0.1, 0.15) is 0 Å². The highest BCUT2D eigenvalue weighted by Crippen LogP contribution is 2.05. The summed E-state index contributed by atoms with van der Waals surface area (Å²) in [5.74, 6) is 0.862. The average Bonchev–Trinajstić information content (AvgIpc) is 2.59. The van der Waals surface area contributed by atoms with Crippen LogP contribution in [-0.4, -0.2) is 27.8 Å². The Labute approximate surface area is 94.0 Å². The van der Waals surface area contributed by atoms with Crippen LogP contribution in [0.2, 0.25) is 0 Å². The van der Waals surface area contributed by atoms with Crippen molar-refractivity contribution in [3.05, 3.63) is 11.7 Å². The van der Waals surface area contributed by atoms with Crippen molar-refractivity contribution in [2.45, 2.75) is 33.2 Å². The number of nitrogens with zero attached hydrogens (tertiary/aromatic N) is 2. The first-order chi connectivity index (χ1) is 7.58. The highest BCUT2D eigenvalue weighted by Gasteiger charge is 2.07. The van der Waals surface area contributed by atoms with Crippen LogP contribution in [0, 0.1) is 5.92 Å². The van der Waals surface area contributed by atoms with E-state index < -0.39 is 5.97 Å². The summed E-state index contributed by atoms with van der Waals surface area (Å²) in [6.07, 6.45) is 0.860. The van der Waals surface area contributed by atoms with Crippen LogP contribution >= 0.6 is 0 Å². The Hall–Kier alpha value is -1.43. The zero-order chi connectivity index (χ0) is 12.0. The van der Waals surface area contributed by atoms with Gasteiger partial charge >= 0.3 is 5.97 Å². The molecule has 0 fully saturated rings. The lowest BCUT2D eigenvalue weighted by Gasteiger charge is -1.97. The van der Waals surface area contributed by atoms with Crippen LogP contribution in [0.15, 0.2) is 4.52 Å². The second-order valence-corrected chi connectivity index (χ2v) is 4.02. The summed E-state index contributed by atoms with van der Waals surface area (Å²) in [6.45, 7) is 5.00. The fourth-order valence-corrected chi connectivity index (χ4v) is 1.19. The van der Waals surface area contributed by atoms with E-state index in [1.165, 1.54) is 0 Å².